The highest BCUT2D eigenvalue weighted by Crippen LogP contribution is 2.14. The molecule has 4 aromatic rings. The van der Waals surface area contributed by atoms with E-state index in [4.69, 9.17) is 4.99 Å². The highest BCUT2D eigenvalue weighted by Gasteiger charge is 2.03. The van der Waals surface area contributed by atoms with Crippen LogP contribution in [-0.2, 0) is 19.6 Å². The van der Waals surface area contributed by atoms with Crippen LogP contribution >= 0.6 is 24.0 Å². The number of aromatic nitrogens is 3. The maximum absolute atomic E-state index is 4.70. The maximum atomic E-state index is 4.70. The van der Waals surface area contributed by atoms with E-state index in [0.717, 1.165) is 35.8 Å². The zero-order valence-corrected chi connectivity index (χ0v) is 19.9. The van der Waals surface area contributed by atoms with Gasteiger partial charge in [0.25, 0.3) is 0 Å². The van der Waals surface area contributed by atoms with Gasteiger partial charge >= 0.3 is 0 Å². The smallest absolute Gasteiger partial charge is 0.191 e. The number of nitrogens with one attached hydrogen (secondary N) is 2. The first-order valence-corrected chi connectivity index (χ1v) is 10.2. The number of rotatable bonds is 7. The average Bonchev–Trinajstić information content (AvgIpc) is 3.20. The van der Waals surface area contributed by atoms with Crippen LogP contribution in [0, 0.1) is 0 Å². The highest BCUT2D eigenvalue weighted by atomic mass is 127. The molecule has 6 nitrogen and oxygen atoms in total. The number of imidazole rings is 1. The van der Waals surface area contributed by atoms with Gasteiger partial charge in [0.1, 0.15) is 0 Å². The van der Waals surface area contributed by atoms with E-state index in [0.29, 0.717) is 13.1 Å². The number of pyridine rings is 1. The van der Waals surface area contributed by atoms with Crippen molar-refractivity contribution in [3.8, 4) is 0 Å². The van der Waals surface area contributed by atoms with Crippen LogP contribution < -0.4 is 10.6 Å². The molecule has 0 saturated carbocycles. The molecule has 0 saturated heterocycles. The van der Waals surface area contributed by atoms with Crippen molar-refractivity contribution in [1.82, 2.24) is 25.2 Å². The molecule has 0 aliphatic carbocycles. The first-order chi connectivity index (χ1) is 14.8. The summed E-state index contributed by atoms with van der Waals surface area (Å²) in [5.41, 5.74) is 5.58. The summed E-state index contributed by atoms with van der Waals surface area (Å²) in [4.78, 5) is 13.5. The summed E-state index contributed by atoms with van der Waals surface area (Å²) in [6.07, 6.45) is 3.70. The summed E-state index contributed by atoms with van der Waals surface area (Å²) < 4.78 is 2.17. The normalized spacial score (nSPS) is 11.2. The molecule has 2 aromatic heterocycles. The van der Waals surface area contributed by atoms with Gasteiger partial charge in [0.15, 0.2) is 5.96 Å². The van der Waals surface area contributed by atoms with E-state index >= 15 is 0 Å². The van der Waals surface area contributed by atoms with Crippen LogP contribution in [0.5, 0.6) is 0 Å². The van der Waals surface area contributed by atoms with Gasteiger partial charge in [-0.2, -0.15) is 0 Å². The Hall–Kier alpha value is -2.94. The lowest BCUT2D eigenvalue weighted by molar-refractivity contribution is 0.799. The Balaban J connectivity index is 0.00000272. The Labute approximate surface area is 199 Å². The van der Waals surface area contributed by atoms with Crippen molar-refractivity contribution in [2.45, 2.75) is 26.6 Å². The number of fused-ring (bicyclic) bond motifs is 1. The summed E-state index contributed by atoms with van der Waals surface area (Å²) in [6.45, 7) is 4.94. The fourth-order valence-electron chi connectivity index (χ4n) is 3.27. The lowest BCUT2D eigenvalue weighted by atomic mass is 10.1. The minimum absolute atomic E-state index is 0. The molecule has 0 fully saturated rings. The number of guanidine groups is 1. The van der Waals surface area contributed by atoms with Gasteiger partial charge in [-0.05, 0) is 42.3 Å². The summed E-state index contributed by atoms with van der Waals surface area (Å²) in [5.74, 6) is 0.789. The number of halogens is 1. The fourth-order valence-corrected chi connectivity index (χ4v) is 3.27. The maximum Gasteiger partial charge on any atom is 0.191 e. The van der Waals surface area contributed by atoms with Gasteiger partial charge in [-0.25, -0.2) is 9.98 Å². The van der Waals surface area contributed by atoms with Crippen LogP contribution in [0.25, 0.3) is 11.0 Å². The molecule has 2 aromatic carbocycles. The van der Waals surface area contributed by atoms with Gasteiger partial charge in [-0.3, -0.25) is 4.98 Å². The van der Waals surface area contributed by atoms with Crippen LogP contribution in [0.1, 0.15) is 23.7 Å². The van der Waals surface area contributed by atoms with Crippen LogP contribution in [-0.4, -0.2) is 27.0 Å². The fraction of sp³-hybridized carbons (Fsp3) is 0.208. The molecule has 2 heterocycles. The number of nitrogens with zero attached hydrogens (tertiary/aromatic N) is 4. The van der Waals surface area contributed by atoms with E-state index < -0.39 is 0 Å². The van der Waals surface area contributed by atoms with Crippen LogP contribution in [0.3, 0.4) is 0 Å². The first-order valence-electron chi connectivity index (χ1n) is 10.2. The Kier molecular flexibility index (Phi) is 8.40. The van der Waals surface area contributed by atoms with Crippen molar-refractivity contribution >= 4 is 41.0 Å². The molecule has 0 spiro atoms. The molecule has 0 bridgehead atoms. The molecule has 0 amide bonds. The Bertz CT molecular complexity index is 1110. The molecule has 31 heavy (non-hydrogen) atoms. The zero-order valence-electron chi connectivity index (χ0n) is 17.5. The molecular formula is C24H27IN6. The minimum atomic E-state index is 0. The van der Waals surface area contributed by atoms with Crippen molar-refractivity contribution in [3.63, 3.8) is 0 Å². The second-order valence-electron chi connectivity index (χ2n) is 7.05. The predicted molar refractivity (Wildman–Crippen MR) is 137 cm³/mol. The van der Waals surface area contributed by atoms with Crippen LogP contribution in [0.15, 0.2) is 84.2 Å². The Morgan fingerprint density at radius 1 is 0.903 bits per heavy atom. The number of para-hydroxylation sites is 2. The van der Waals surface area contributed by atoms with Gasteiger partial charge in [0, 0.05) is 19.3 Å². The molecule has 0 radical (unpaired) electrons. The molecular weight excluding hydrogens is 499 g/mol. The third-order valence-corrected chi connectivity index (χ3v) is 4.83. The lowest BCUT2D eigenvalue weighted by Crippen LogP contribution is -2.36. The second kappa shape index (κ2) is 11.5. The average molecular weight is 526 g/mol. The van der Waals surface area contributed by atoms with Crippen molar-refractivity contribution in [2.75, 3.05) is 6.54 Å². The van der Waals surface area contributed by atoms with Crippen LogP contribution in [0.2, 0.25) is 0 Å². The van der Waals surface area contributed by atoms with Gasteiger partial charge < -0.3 is 15.2 Å². The van der Waals surface area contributed by atoms with E-state index in [-0.39, 0.29) is 24.0 Å². The van der Waals surface area contributed by atoms with Crippen LogP contribution in [0.4, 0.5) is 0 Å². The Morgan fingerprint density at radius 2 is 1.68 bits per heavy atom. The van der Waals surface area contributed by atoms with E-state index in [9.17, 15) is 0 Å². The zero-order chi connectivity index (χ0) is 20.6. The van der Waals surface area contributed by atoms with Gasteiger partial charge in [0.05, 0.1) is 36.1 Å². The lowest BCUT2D eigenvalue weighted by Gasteiger charge is -2.11. The standard InChI is InChI=1S/C24H26N6.HI/c1-2-25-24(28-16-21-7-5-6-14-26-21)27-15-19-10-12-20(13-11-19)17-30-18-29-22-8-3-4-9-23(22)30;/h3-14,18H,2,15-17H2,1H3,(H2,25,27,28);1H. The Morgan fingerprint density at radius 3 is 2.45 bits per heavy atom. The predicted octanol–water partition coefficient (Wildman–Crippen LogP) is 4.35. The molecule has 0 atom stereocenters. The summed E-state index contributed by atoms with van der Waals surface area (Å²) in [5, 5.41) is 6.61. The third kappa shape index (κ3) is 6.27. The molecule has 160 valence electrons. The third-order valence-electron chi connectivity index (χ3n) is 4.83. The quantitative estimate of drug-likeness (QED) is 0.214. The number of aliphatic imine (C=N–C) groups is 1. The second-order valence-corrected chi connectivity index (χ2v) is 7.05. The van der Waals surface area contributed by atoms with E-state index in [1.54, 1.807) is 6.20 Å². The summed E-state index contributed by atoms with van der Waals surface area (Å²) in [7, 11) is 0. The van der Waals surface area contributed by atoms with Gasteiger partial charge in [-0.15, -0.1) is 24.0 Å². The molecule has 0 aliphatic heterocycles. The summed E-state index contributed by atoms with van der Waals surface area (Å²) >= 11 is 0. The summed E-state index contributed by atoms with van der Waals surface area (Å²) in [6, 6.07) is 22.7. The van der Waals surface area contributed by atoms with Gasteiger partial charge in [0.2, 0.25) is 0 Å². The van der Waals surface area contributed by atoms with Crippen molar-refractivity contribution in [2.24, 2.45) is 4.99 Å². The van der Waals surface area contributed by atoms with Crippen molar-refractivity contribution in [1.29, 1.82) is 0 Å². The van der Waals surface area contributed by atoms with Crippen molar-refractivity contribution in [3.05, 3.63) is 96.1 Å². The number of hydrogen-bond acceptors (Lipinski definition) is 3. The minimum Gasteiger partial charge on any atom is -0.357 e. The molecule has 7 heteroatoms. The molecule has 2 N–H and O–H groups in total. The molecule has 4 rings (SSSR count). The van der Waals surface area contributed by atoms with E-state index in [2.05, 4.69) is 62.4 Å². The highest BCUT2D eigenvalue weighted by molar-refractivity contribution is 14.0. The molecule has 0 unspecified atom stereocenters. The number of hydrogen-bond donors (Lipinski definition) is 2. The molecule has 0 aliphatic rings. The number of benzene rings is 2. The van der Waals surface area contributed by atoms with Crippen molar-refractivity contribution < 1.29 is 0 Å². The largest absolute Gasteiger partial charge is 0.357 e. The van der Waals surface area contributed by atoms with E-state index in [1.807, 2.05) is 42.7 Å². The topological polar surface area (TPSA) is 67.1 Å². The van der Waals surface area contributed by atoms with Gasteiger partial charge in [-0.1, -0.05) is 42.5 Å². The SMILES string of the molecule is CCNC(=NCc1ccc(Cn2cnc3ccccc32)cc1)NCc1ccccn1.I. The van der Waals surface area contributed by atoms with E-state index in [1.165, 1.54) is 11.1 Å². The monoisotopic (exact) mass is 526 g/mol. The first kappa shape index (κ1) is 22.7.